The van der Waals surface area contributed by atoms with E-state index in [4.69, 9.17) is 4.74 Å². The van der Waals surface area contributed by atoms with Gasteiger partial charge in [0.2, 0.25) is 0 Å². The molecular formula is C15H21NO5S2. The molecule has 2 aliphatic rings. The predicted octanol–water partition coefficient (Wildman–Crippen LogP) is 0.695. The fraction of sp³-hybridized carbons (Fsp3) is 0.600. The Kier molecular flexibility index (Phi) is 4.18. The third kappa shape index (κ3) is 3.39. The molecule has 2 fully saturated rings. The zero-order valence-corrected chi connectivity index (χ0v) is 14.8. The molecule has 1 N–H and O–H groups in total. The highest BCUT2D eigenvalue weighted by Crippen LogP contribution is 2.31. The summed E-state index contributed by atoms with van der Waals surface area (Å²) < 4.78 is 55.0. The van der Waals surface area contributed by atoms with Gasteiger partial charge in [-0.25, -0.2) is 16.8 Å². The molecule has 1 aliphatic carbocycles. The molecule has 6 nitrogen and oxygen atoms in total. The normalized spacial score (nSPS) is 27.0. The average Bonchev–Trinajstić information content (AvgIpc) is 3.21. The number of sulfone groups is 2. The molecule has 0 unspecified atom stereocenters. The summed E-state index contributed by atoms with van der Waals surface area (Å²) in [6.45, 7) is 1.77. The molecule has 2 atom stereocenters. The van der Waals surface area contributed by atoms with E-state index in [0.717, 1.165) is 12.8 Å². The highest BCUT2D eigenvalue weighted by molar-refractivity contribution is 7.96. The largest absolute Gasteiger partial charge is 0.496 e. The molecule has 1 aromatic carbocycles. The Morgan fingerprint density at radius 2 is 1.91 bits per heavy atom. The average molecular weight is 359 g/mol. The van der Waals surface area contributed by atoms with Crippen LogP contribution < -0.4 is 10.1 Å². The maximum Gasteiger partial charge on any atom is 0.183 e. The summed E-state index contributed by atoms with van der Waals surface area (Å²) in [4.78, 5) is 0.153. The smallest absolute Gasteiger partial charge is 0.183 e. The minimum atomic E-state index is -3.72. The Balaban J connectivity index is 1.94. The second kappa shape index (κ2) is 5.75. The summed E-state index contributed by atoms with van der Waals surface area (Å²) in [5.74, 6) is 0.184. The number of nitrogens with one attached hydrogen (secondary N) is 1. The van der Waals surface area contributed by atoms with Crippen molar-refractivity contribution in [2.24, 2.45) is 0 Å². The van der Waals surface area contributed by atoms with Crippen LogP contribution in [0.15, 0.2) is 23.1 Å². The number of hydrogen-bond acceptors (Lipinski definition) is 6. The fourth-order valence-electron chi connectivity index (χ4n) is 3.03. The molecule has 1 aromatic rings. The number of benzene rings is 1. The molecule has 0 spiro atoms. The first-order valence-electron chi connectivity index (χ1n) is 7.58. The van der Waals surface area contributed by atoms with Crippen molar-refractivity contribution >= 4 is 19.7 Å². The molecular weight excluding hydrogens is 338 g/mol. The van der Waals surface area contributed by atoms with Crippen molar-refractivity contribution in [2.75, 3.05) is 18.6 Å². The van der Waals surface area contributed by atoms with Gasteiger partial charge in [0.05, 0.1) is 28.8 Å². The Morgan fingerprint density at radius 1 is 1.22 bits per heavy atom. The van der Waals surface area contributed by atoms with Crippen molar-refractivity contribution in [1.29, 1.82) is 0 Å². The molecule has 1 aliphatic heterocycles. The van der Waals surface area contributed by atoms with Crippen molar-refractivity contribution < 1.29 is 21.6 Å². The van der Waals surface area contributed by atoms with E-state index in [0.29, 0.717) is 11.3 Å². The van der Waals surface area contributed by atoms with Crippen LogP contribution in [0.3, 0.4) is 0 Å². The van der Waals surface area contributed by atoms with Crippen molar-refractivity contribution in [3.63, 3.8) is 0 Å². The number of ether oxygens (including phenoxy) is 1. The monoisotopic (exact) mass is 359 g/mol. The quantitative estimate of drug-likeness (QED) is 0.832. The van der Waals surface area contributed by atoms with Crippen LogP contribution >= 0.6 is 0 Å². The Hall–Kier alpha value is -1.12. The van der Waals surface area contributed by atoms with E-state index in [9.17, 15) is 16.8 Å². The highest BCUT2D eigenvalue weighted by atomic mass is 32.2. The van der Waals surface area contributed by atoms with Gasteiger partial charge < -0.3 is 10.1 Å². The standard InChI is InChI=1S/C15H21NO5S2/c1-10-7-12(5-6-14(10)21-2)23(19,20)15-9-22(17,18)8-13(15)16-11-3-4-11/h5-7,11,13,15-16H,3-4,8-9H2,1-2H3/t13-,15+/m0/s1. The maximum atomic E-state index is 12.9. The Bertz CT molecular complexity index is 812. The van der Waals surface area contributed by atoms with Crippen molar-refractivity contribution in [3.05, 3.63) is 23.8 Å². The third-order valence-corrected chi connectivity index (χ3v) is 8.57. The lowest BCUT2D eigenvalue weighted by molar-refractivity contribution is 0.411. The van der Waals surface area contributed by atoms with Gasteiger partial charge in [-0.1, -0.05) is 0 Å². The topological polar surface area (TPSA) is 89.5 Å². The second-order valence-electron chi connectivity index (χ2n) is 6.34. The first-order valence-corrected chi connectivity index (χ1v) is 10.9. The molecule has 8 heteroatoms. The molecule has 128 valence electrons. The molecule has 1 heterocycles. The third-order valence-electron chi connectivity index (χ3n) is 4.42. The van der Waals surface area contributed by atoms with Gasteiger partial charge in [0, 0.05) is 12.1 Å². The zero-order chi connectivity index (χ0) is 16.8. The van der Waals surface area contributed by atoms with Crippen LogP contribution in [0.1, 0.15) is 18.4 Å². The summed E-state index contributed by atoms with van der Waals surface area (Å²) in [5.41, 5.74) is 0.709. The van der Waals surface area contributed by atoms with Gasteiger partial charge >= 0.3 is 0 Å². The van der Waals surface area contributed by atoms with E-state index >= 15 is 0 Å². The summed E-state index contributed by atoms with van der Waals surface area (Å²) in [5, 5.41) is 2.26. The van der Waals surface area contributed by atoms with Gasteiger partial charge in [-0.2, -0.15) is 0 Å². The van der Waals surface area contributed by atoms with Crippen molar-refractivity contribution in [2.45, 2.75) is 42.0 Å². The molecule has 1 saturated carbocycles. The van der Waals surface area contributed by atoms with Crippen molar-refractivity contribution in [1.82, 2.24) is 5.32 Å². The van der Waals surface area contributed by atoms with Gasteiger partial charge in [0.25, 0.3) is 0 Å². The maximum absolute atomic E-state index is 12.9. The number of hydrogen-bond donors (Lipinski definition) is 1. The van der Waals surface area contributed by atoms with Crippen LogP contribution in [0.2, 0.25) is 0 Å². The van der Waals surface area contributed by atoms with E-state index in [2.05, 4.69) is 5.32 Å². The van der Waals surface area contributed by atoms with Gasteiger partial charge in [0.1, 0.15) is 5.75 Å². The van der Waals surface area contributed by atoms with Crippen LogP contribution in [-0.2, 0) is 19.7 Å². The van der Waals surface area contributed by atoms with Crippen LogP contribution in [0.4, 0.5) is 0 Å². The minimum Gasteiger partial charge on any atom is -0.496 e. The van der Waals surface area contributed by atoms with Gasteiger partial charge in [-0.15, -0.1) is 0 Å². The Morgan fingerprint density at radius 3 is 2.48 bits per heavy atom. The lowest BCUT2D eigenvalue weighted by Crippen LogP contribution is -2.44. The lowest BCUT2D eigenvalue weighted by atomic mass is 10.2. The molecule has 23 heavy (non-hydrogen) atoms. The van der Waals surface area contributed by atoms with Crippen LogP contribution in [0.25, 0.3) is 0 Å². The second-order valence-corrected chi connectivity index (χ2v) is 10.7. The first-order chi connectivity index (χ1) is 10.7. The first kappa shape index (κ1) is 16.7. The summed E-state index contributed by atoms with van der Waals surface area (Å²) >= 11 is 0. The van der Waals surface area contributed by atoms with Crippen LogP contribution in [0, 0.1) is 6.92 Å². The highest BCUT2D eigenvalue weighted by Gasteiger charge is 2.47. The van der Waals surface area contributed by atoms with Crippen LogP contribution in [0.5, 0.6) is 5.75 Å². The van der Waals surface area contributed by atoms with E-state index in [-0.39, 0.29) is 22.4 Å². The van der Waals surface area contributed by atoms with E-state index in [1.54, 1.807) is 19.1 Å². The molecule has 0 radical (unpaired) electrons. The lowest BCUT2D eigenvalue weighted by Gasteiger charge is -2.20. The Labute approximate surface area is 137 Å². The molecule has 3 rings (SSSR count). The van der Waals surface area contributed by atoms with Crippen molar-refractivity contribution in [3.8, 4) is 5.75 Å². The SMILES string of the molecule is COc1ccc(S(=O)(=O)[C@@H]2CS(=O)(=O)C[C@@H]2NC2CC2)cc1C. The predicted molar refractivity (Wildman–Crippen MR) is 87.3 cm³/mol. The molecule has 1 saturated heterocycles. The van der Waals surface area contributed by atoms with E-state index in [1.165, 1.54) is 13.2 Å². The summed E-state index contributed by atoms with van der Waals surface area (Å²) in [6.07, 6.45) is 1.95. The number of aryl methyl sites for hydroxylation is 1. The fourth-order valence-corrected chi connectivity index (χ4v) is 7.79. The molecule has 0 aromatic heterocycles. The number of methoxy groups -OCH3 is 1. The minimum absolute atomic E-state index is 0.109. The van der Waals surface area contributed by atoms with E-state index in [1.807, 2.05) is 0 Å². The van der Waals surface area contributed by atoms with Gasteiger partial charge in [-0.3, -0.25) is 0 Å². The number of rotatable bonds is 5. The molecule has 0 bridgehead atoms. The molecule has 0 amide bonds. The van der Waals surface area contributed by atoms with Crippen LogP contribution in [-0.4, -0.2) is 52.8 Å². The zero-order valence-electron chi connectivity index (χ0n) is 13.2. The van der Waals surface area contributed by atoms with Gasteiger partial charge in [0.15, 0.2) is 19.7 Å². The van der Waals surface area contributed by atoms with Gasteiger partial charge in [-0.05, 0) is 43.5 Å². The van der Waals surface area contributed by atoms with E-state index < -0.39 is 31.0 Å². The summed E-state index contributed by atoms with van der Waals surface area (Å²) in [6, 6.07) is 4.37. The summed E-state index contributed by atoms with van der Waals surface area (Å²) in [7, 11) is -5.54.